The van der Waals surface area contributed by atoms with E-state index in [9.17, 15) is 20.4 Å². The van der Waals surface area contributed by atoms with Crippen molar-refractivity contribution < 1.29 is 39.7 Å². The van der Waals surface area contributed by atoms with E-state index >= 15 is 0 Å². The summed E-state index contributed by atoms with van der Waals surface area (Å²) >= 11 is 0. The van der Waals surface area contributed by atoms with Gasteiger partial charge in [0, 0.05) is 11.8 Å². The summed E-state index contributed by atoms with van der Waals surface area (Å²) in [5.41, 5.74) is 0.823. The SMILES string of the molecule is OCC1OC(OCC2=CC3OC=CC3C2CO)C(O)C(O)C1O. The number of fused-ring (bicyclic) bond motifs is 1. The van der Waals surface area contributed by atoms with Crippen molar-refractivity contribution in [3.63, 3.8) is 0 Å². The van der Waals surface area contributed by atoms with Crippen LogP contribution in [0.5, 0.6) is 0 Å². The van der Waals surface area contributed by atoms with Crippen molar-refractivity contribution in [3.8, 4) is 0 Å². The average molecular weight is 330 g/mol. The third kappa shape index (κ3) is 3.03. The summed E-state index contributed by atoms with van der Waals surface area (Å²) in [6, 6.07) is 0. The second kappa shape index (κ2) is 6.86. The Hall–Kier alpha value is -1.00. The highest BCUT2D eigenvalue weighted by Gasteiger charge is 2.45. The zero-order valence-corrected chi connectivity index (χ0v) is 12.4. The third-order valence-corrected chi connectivity index (χ3v) is 4.69. The minimum Gasteiger partial charge on any atom is -0.494 e. The maximum Gasteiger partial charge on any atom is 0.187 e. The van der Waals surface area contributed by atoms with Crippen LogP contribution >= 0.6 is 0 Å². The Morgan fingerprint density at radius 2 is 1.83 bits per heavy atom. The van der Waals surface area contributed by atoms with Crippen LogP contribution in [0, 0.1) is 11.8 Å². The zero-order valence-electron chi connectivity index (χ0n) is 12.4. The molecule has 0 bridgehead atoms. The van der Waals surface area contributed by atoms with Gasteiger partial charge in [0.15, 0.2) is 6.29 Å². The van der Waals surface area contributed by atoms with Crippen molar-refractivity contribution >= 4 is 0 Å². The molecule has 0 aromatic rings. The molecular formula is C15H22O8. The van der Waals surface area contributed by atoms with Crippen LogP contribution in [0.4, 0.5) is 0 Å². The van der Waals surface area contributed by atoms with Gasteiger partial charge in [-0.1, -0.05) is 0 Å². The van der Waals surface area contributed by atoms with Gasteiger partial charge in [-0.05, 0) is 17.7 Å². The molecule has 3 aliphatic rings. The van der Waals surface area contributed by atoms with Gasteiger partial charge in [-0.15, -0.1) is 0 Å². The van der Waals surface area contributed by atoms with Gasteiger partial charge in [0.05, 0.1) is 26.1 Å². The molecule has 0 amide bonds. The van der Waals surface area contributed by atoms with Gasteiger partial charge in [-0.25, -0.2) is 0 Å². The normalized spacial score (nSPS) is 45.7. The Morgan fingerprint density at radius 1 is 1.04 bits per heavy atom. The van der Waals surface area contributed by atoms with Crippen molar-refractivity contribution in [1.29, 1.82) is 0 Å². The first kappa shape index (κ1) is 16.8. The van der Waals surface area contributed by atoms with E-state index in [1.807, 2.05) is 12.2 Å². The fraction of sp³-hybridized carbons (Fsp3) is 0.733. The fourth-order valence-corrected chi connectivity index (χ4v) is 3.30. The number of rotatable bonds is 5. The molecule has 1 fully saturated rings. The summed E-state index contributed by atoms with van der Waals surface area (Å²) in [7, 11) is 0. The van der Waals surface area contributed by atoms with Gasteiger partial charge in [0.25, 0.3) is 0 Å². The van der Waals surface area contributed by atoms with E-state index in [4.69, 9.17) is 19.3 Å². The summed E-state index contributed by atoms with van der Waals surface area (Å²) in [5, 5.41) is 48.1. The molecule has 23 heavy (non-hydrogen) atoms. The smallest absolute Gasteiger partial charge is 0.187 e. The van der Waals surface area contributed by atoms with Crippen molar-refractivity contribution in [2.75, 3.05) is 19.8 Å². The van der Waals surface area contributed by atoms with Gasteiger partial charge in [0.1, 0.15) is 30.5 Å². The largest absolute Gasteiger partial charge is 0.494 e. The highest BCUT2D eigenvalue weighted by Crippen LogP contribution is 2.38. The van der Waals surface area contributed by atoms with Gasteiger partial charge in [0.2, 0.25) is 0 Å². The molecule has 8 atom stereocenters. The van der Waals surface area contributed by atoms with E-state index in [1.54, 1.807) is 6.26 Å². The highest BCUT2D eigenvalue weighted by atomic mass is 16.7. The average Bonchev–Trinajstić information content (AvgIpc) is 3.12. The van der Waals surface area contributed by atoms with Crippen molar-refractivity contribution in [2.24, 2.45) is 11.8 Å². The number of aliphatic hydroxyl groups is 5. The first-order chi connectivity index (χ1) is 11.1. The lowest BCUT2D eigenvalue weighted by Gasteiger charge is -2.39. The molecule has 8 unspecified atom stereocenters. The van der Waals surface area contributed by atoms with Gasteiger partial charge >= 0.3 is 0 Å². The second-order valence-electron chi connectivity index (χ2n) is 6.05. The molecule has 0 aromatic carbocycles. The standard InChI is InChI=1S/C15H22O8/c16-4-9-7(3-10-8(9)1-2-21-10)6-22-15-14(20)13(19)12(18)11(5-17)23-15/h1-3,8-20H,4-6H2. The van der Waals surface area contributed by atoms with Crippen LogP contribution in [-0.2, 0) is 14.2 Å². The van der Waals surface area contributed by atoms with Gasteiger partial charge in [-0.2, -0.15) is 0 Å². The molecule has 1 saturated heterocycles. The maximum atomic E-state index is 9.93. The minimum atomic E-state index is -1.47. The summed E-state index contributed by atoms with van der Waals surface area (Å²) in [6.07, 6.45) is -1.25. The van der Waals surface area contributed by atoms with Crippen molar-refractivity contribution in [3.05, 3.63) is 24.0 Å². The van der Waals surface area contributed by atoms with E-state index < -0.39 is 37.3 Å². The van der Waals surface area contributed by atoms with Crippen LogP contribution in [-0.4, -0.2) is 82.2 Å². The summed E-state index contributed by atoms with van der Waals surface area (Å²) in [5.74, 6) is -0.0722. The molecule has 0 aromatic heterocycles. The lowest BCUT2D eigenvalue weighted by molar-refractivity contribution is -0.299. The molecule has 0 saturated carbocycles. The predicted octanol–water partition coefficient (Wildman–Crippen LogP) is -2.12. The van der Waals surface area contributed by atoms with Crippen LogP contribution in [0.2, 0.25) is 0 Å². The quantitative estimate of drug-likeness (QED) is 0.362. The maximum absolute atomic E-state index is 9.93. The van der Waals surface area contributed by atoms with Crippen LogP contribution < -0.4 is 0 Å². The van der Waals surface area contributed by atoms with Crippen LogP contribution in [0.15, 0.2) is 24.0 Å². The van der Waals surface area contributed by atoms with E-state index in [-0.39, 0.29) is 31.2 Å². The number of hydrogen-bond donors (Lipinski definition) is 5. The van der Waals surface area contributed by atoms with Crippen LogP contribution in [0.3, 0.4) is 0 Å². The number of aliphatic hydroxyl groups excluding tert-OH is 5. The Morgan fingerprint density at radius 3 is 2.52 bits per heavy atom. The molecule has 8 nitrogen and oxygen atoms in total. The van der Waals surface area contributed by atoms with Crippen molar-refractivity contribution in [2.45, 2.75) is 36.8 Å². The molecular weight excluding hydrogens is 308 g/mol. The molecule has 8 heteroatoms. The number of hydrogen-bond acceptors (Lipinski definition) is 8. The molecule has 2 aliphatic heterocycles. The zero-order chi connectivity index (χ0) is 16.6. The first-order valence-electron chi connectivity index (χ1n) is 7.62. The fourth-order valence-electron chi connectivity index (χ4n) is 3.30. The topological polar surface area (TPSA) is 129 Å². The van der Waals surface area contributed by atoms with Gasteiger partial charge in [-0.3, -0.25) is 0 Å². The molecule has 1 aliphatic carbocycles. The first-order valence-corrected chi connectivity index (χ1v) is 7.62. The van der Waals surface area contributed by atoms with E-state index in [2.05, 4.69) is 0 Å². The van der Waals surface area contributed by atoms with E-state index in [1.165, 1.54) is 0 Å². The molecule has 5 N–H and O–H groups in total. The highest BCUT2D eigenvalue weighted by molar-refractivity contribution is 5.26. The Balaban J connectivity index is 1.61. The molecule has 130 valence electrons. The van der Waals surface area contributed by atoms with E-state index in [0.29, 0.717) is 0 Å². The Bertz CT molecular complexity index is 476. The lowest BCUT2D eigenvalue weighted by Crippen LogP contribution is -2.59. The molecule has 3 rings (SSSR count). The summed E-state index contributed by atoms with van der Waals surface area (Å²) in [6.45, 7) is -0.480. The van der Waals surface area contributed by atoms with Crippen molar-refractivity contribution in [1.82, 2.24) is 0 Å². The monoisotopic (exact) mass is 330 g/mol. The van der Waals surface area contributed by atoms with Gasteiger partial charge < -0.3 is 39.7 Å². The minimum absolute atomic E-state index is 0.0568. The summed E-state index contributed by atoms with van der Waals surface area (Å²) < 4.78 is 16.2. The summed E-state index contributed by atoms with van der Waals surface area (Å²) in [4.78, 5) is 0. The Labute approximate surface area is 133 Å². The van der Waals surface area contributed by atoms with Crippen LogP contribution in [0.1, 0.15) is 0 Å². The lowest BCUT2D eigenvalue weighted by atomic mass is 9.92. The third-order valence-electron chi connectivity index (χ3n) is 4.69. The van der Waals surface area contributed by atoms with Crippen LogP contribution in [0.25, 0.3) is 0 Å². The molecule has 0 spiro atoms. The second-order valence-corrected chi connectivity index (χ2v) is 6.05. The number of ether oxygens (including phenoxy) is 3. The predicted molar refractivity (Wildman–Crippen MR) is 75.9 cm³/mol. The van der Waals surface area contributed by atoms with E-state index in [0.717, 1.165) is 5.57 Å². The Kier molecular flexibility index (Phi) is 5.02. The molecule has 2 heterocycles. The molecule has 0 radical (unpaired) electrons.